The van der Waals surface area contributed by atoms with Crippen LogP contribution in [0.3, 0.4) is 0 Å². The van der Waals surface area contributed by atoms with Crippen molar-refractivity contribution in [2.45, 2.75) is 26.3 Å². The first-order valence-electron chi connectivity index (χ1n) is 8.35. The zero-order valence-electron chi connectivity index (χ0n) is 14.8. The second kappa shape index (κ2) is 10.4. The Hall–Kier alpha value is -1.63. The minimum Gasteiger partial charge on any atom is -0.462 e. The van der Waals surface area contributed by atoms with E-state index in [0.29, 0.717) is 25.3 Å². The highest BCUT2D eigenvalue weighted by Gasteiger charge is 2.39. The minimum atomic E-state index is -0.453. The zero-order chi connectivity index (χ0) is 17.4. The summed E-state index contributed by atoms with van der Waals surface area (Å²) in [4.78, 5) is 24.3. The first-order chi connectivity index (χ1) is 11.6. The highest BCUT2D eigenvalue weighted by molar-refractivity contribution is 5.89. The fourth-order valence-corrected chi connectivity index (χ4v) is 2.96. The van der Waals surface area contributed by atoms with Crippen molar-refractivity contribution in [2.24, 2.45) is 5.41 Å². The van der Waals surface area contributed by atoms with Crippen LogP contribution in [0.1, 0.15) is 35.7 Å². The maximum atomic E-state index is 12.7. The lowest BCUT2D eigenvalue weighted by Crippen LogP contribution is -2.49. The average molecular weight is 371 g/mol. The van der Waals surface area contributed by atoms with Gasteiger partial charge in [-0.3, -0.25) is 4.79 Å². The molecule has 0 bridgehead atoms. The number of methoxy groups -OCH3 is 1. The number of piperidine rings is 1. The Morgan fingerprint density at radius 1 is 1.20 bits per heavy atom. The van der Waals surface area contributed by atoms with Gasteiger partial charge in [0.15, 0.2) is 0 Å². The molecule has 0 saturated carbocycles. The summed E-state index contributed by atoms with van der Waals surface area (Å²) in [6.45, 7) is 4.64. The molecule has 1 aromatic carbocycles. The highest BCUT2D eigenvalue weighted by Crippen LogP contribution is 2.29. The minimum absolute atomic E-state index is 0. The number of hydrogen-bond donors (Lipinski definition) is 2. The van der Waals surface area contributed by atoms with Crippen molar-refractivity contribution in [2.75, 3.05) is 33.4 Å². The van der Waals surface area contributed by atoms with E-state index in [1.165, 1.54) is 0 Å². The van der Waals surface area contributed by atoms with Crippen LogP contribution < -0.4 is 10.6 Å². The molecule has 2 rings (SSSR count). The summed E-state index contributed by atoms with van der Waals surface area (Å²) >= 11 is 0. The maximum absolute atomic E-state index is 12.7. The molecular formula is C18H27ClN2O4. The number of halogens is 1. The van der Waals surface area contributed by atoms with E-state index in [9.17, 15) is 9.59 Å². The van der Waals surface area contributed by atoms with Gasteiger partial charge in [0, 0.05) is 13.7 Å². The molecule has 1 aliphatic rings. The fraction of sp³-hybridized carbons (Fsp3) is 0.556. The van der Waals surface area contributed by atoms with Crippen molar-refractivity contribution in [1.82, 2.24) is 10.6 Å². The molecule has 1 aromatic rings. The number of rotatable bonds is 7. The van der Waals surface area contributed by atoms with Crippen LogP contribution in [0, 0.1) is 5.41 Å². The standard InChI is InChI=1S/C18H26N2O4.ClH/c1-3-24-16(21)15-6-4-14(5-7-15)12-20-17(22)18(13-23-2)8-10-19-11-9-18;/h4-7,19H,3,8-13H2,1-2H3,(H,20,22);1H. The van der Waals surface area contributed by atoms with Crippen molar-refractivity contribution >= 4 is 24.3 Å². The Kier molecular flexibility index (Phi) is 8.89. The molecule has 25 heavy (non-hydrogen) atoms. The van der Waals surface area contributed by atoms with E-state index in [1.54, 1.807) is 26.2 Å². The summed E-state index contributed by atoms with van der Waals surface area (Å²) in [5.74, 6) is -0.304. The first kappa shape index (κ1) is 21.4. The van der Waals surface area contributed by atoms with E-state index >= 15 is 0 Å². The van der Waals surface area contributed by atoms with Crippen LogP contribution in [-0.4, -0.2) is 45.3 Å². The first-order valence-corrected chi connectivity index (χ1v) is 8.35. The van der Waals surface area contributed by atoms with Crippen molar-refractivity contribution in [3.05, 3.63) is 35.4 Å². The fourth-order valence-electron chi connectivity index (χ4n) is 2.96. The largest absolute Gasteiger partial charge is 0.462 e. The van der Waals surface area contributed by atoms with Gasteiger partial charge in [0.2, 0.25) is 5.91 Å². The van der Waals surface area contributed by atoms with Crippen LogP contribution in [0.5, 0.6) is 0 Å². The summed E-state index contributed by atoms with van der Waals surface area (Å²) in [5.41, 5.74) is 1.00. The number of ether oxygens (including phenoxy) is 2. The summed E-state index contributed by atoms with van der Waals surface area (Å²) in [6, 6.07) is 7.10. The normalized spacial score (nSPS) is 15.8. The molecule has 0 unspecified atom stereocenters. The van der Waals surface area contributed by atoms with Crippen molar-refractivity contribution in [1.29, 1.82) is 0 Å². The number of carbonyl (C=O) groups excluding carboxylic acids is 2. The third-order valence-electron chi connectivity index (χ3n) is 4.38. The zero-order valence-corrected chi connectivity index (χ0v) is 15.6. The van der Waals surface area contributed by atoms with Crippen molar-refractivity contribution in [3.8, 4) is 0 Å². The van der Waals surface area contributed by atoms with E-state index in [2.05, 4.69) is 10.6 Å². The summed E-state index contributed by atoms with van der Waals surface area (Å²) in [7, 11) is 1.63. The Morgan fingerprint density at radius 3 is 2.40 bits per heavy atom. The predicted octanol–water partition coefficient (Wildman–Crippen LogP) is 1.92. The lowest BCUT2D eigenvalue weighted by atomic mass is 9.78. The number of hydrogen-bond acceptors (Lipinski definition) is 5. The van der Waals surface area contributed by atoms with Crippen LogP contribution in [0.15, 0.2) is 24.3 Å². The van der Waals surface area contributed by atoms with E-state index in [-0.39, 0.29) is 24.3 Å². The van der Waals surface area contributed by atoms with E-state index in [0.717, 1.165) is 31.5 Å². The molecule has 7 heteroatoms. The van der Waals surface area contributed by atoms with Gasteiger partial charge in [-0.1, -0.05) is 12.1 Å². The van der Waals surface area contributed by atoms with Gasteiger partial charge >= 0.3 is 5.97 Å². The Labute approximate surface area is 155 Å². The van der Waals surface area contributed by atoms with E-state index in [4.69, 9.17) is 9.47 Å². The SMILES string of the molecule is CCOC(=O)c1ccc(CNC(=O)C2(COC)CCNCC2)cc1.Cl. The Morgan fingerprint density at radius 2 is 1.84 bits per heavy atom. The molecular weight excluding hydrogens is 344 g/mol. The molecule has 0 spiro atoms. The molecule has 0 radical (unpaired) electrons. The smallest absolute Gasteiger partial charge is 0.338 e. The Bertz CT molecular complexity index is 551. The van der Waals surface area contributed by atoms with Gasteiger partial charge in [0.05, 0.1) is 24.2 Å². The van der Waals surface area contributed by atoms with Gasteiger partial charge in [-0.05, 0) is 50.6 Å². The van der Waals surface area contributed by atoms with Gasteiger partial charge < -0.3 is 20.1 Å². The number of esters is 1. The predicted molar refractivity (Wildman–Crippen MR) is 97.9 cm³/mol. The number of carbonyl (C=O) groups is 2. The molecule has 1 saturated heterocycles. The average Bonchev–Trinajstić information content (AvgIpc) is 2.61. The molecule has 2 N–H and O–H groups in total. The number of nitrogens with one attached hydrogen (secondary N) is 2. The monoisotopic (exact) mass is 370 g/mol. The molecule has 0 aromatic heterocycles. The van der Waals surface area contributed by atoms with Gasteiger partial charge in [0.25, 0.3) is 0 Å². The van der Waals surface area contributed by atoms with E-state index < -0.39 is 5.41 Å². The molecule has 0 atom stereocenters. The highest BCUT2D eigenvalue weighted by atomic mass is 35.5. The van der Waals surface area contributed by atoms with Crippen LogP contribution in [0.25, 0.3) is 0 Å². The molecule has 1 heterocycles. The maximum Gasteiger partial charge on any atom is 0.338 e. The third-order valence-corrected chi connectivity index (χ3v) is 4.38. The summed E-state index contributed by atoms with van der Waals surface area (Å²) in [6.07, 6.45) is 1.54. The molecule has 1 aliphatic heterocycles. The summed E-state index contributed by atoms with van der Waals surface area (Å²) in [5, 5.41) is 6.28. The van der Waals surface area contributed by atoms with Crippen molar-refractivity contribution in [3.63, 3.8) is 0 Å². The summed E-state index contributed by atoms with van der Waals surface area (Å²) < 4.78 is 10.2. The van der Waals surface area contributed by atoms with Gasteiger partial charge in [-0.25, -0.2) is 4.79 Å². The van der Waals surface area contributed by atoms with Crippen LogP contribution in [0.2, 0.25) is 0 Å². The molecule has 140 valence electrons. The van der Waals surface area contributed by atoms with Crippen LogP contribution in [-0.2, 0) is 20.8 Å². The van der Waals surface area contributed by atoms with Crippen LogP contribution in [0.4, 0.5) is 0 Å². The van der Waals surface area contributed by atoms with E-state index in [1.807, 2.05) is 12.1 Å². The molecule has 1 amide bonds. The third kappa shape index (κ3) is 5.70. The Balaban J connectivity index is 0.00000312. The molecule has 6 nitrogen and oxygen atoms in total. The molecule has 1 fully saturated rings. The topological polar surface area (TPSA) is 76.7 Å². The number of amides is 1. The van der Waals surface area contributed by atoms with Crippen LogP contribution >= 0.6 is 12.4 Å². The second-order valence-corrected chi connectivity index (χ2v) is 6.06. The number of benzene rings is 1. The quantitative estimate of drug-likeness (QED) is 0.717. The lowest BCUT2D eigenvalue weighted by molar-refractivity contribution is -0.136. The van der Waals surface area contributed by atoms with Gasteiger partial charge in [-0.15, -0.1) is 12.4 Å². The van der Waals surface area contributed by atoms with Gasteiger partial charge in [0.1, 0.15) is 0 Å². The van der Waals surface area contributed by atoms with Crippen molar-refractivity contribution < 1.29 is 19.1 Å². The lowest BCUT2D eigenvalue weighted by Gasteiger charge is -2.35. The van der Waals surface area contributed by atoms with Gasteiger partial charge in [-0.2, -0.15) is 0 Å². The second-order valence-electron chi connectivity index (χ2n) is 6.06. The molecule has 0 aliphatic carbocycles.